The molecule has 0 heterocycles. The van der Waals surface area contributed by atoms with Crippen molar-refractivity contribution >= 4 is 0 Å². The predicted octanol–water partition coefficient (Wildman–Crippen LogP) is 5.16. The molecule has 0 aromatic rings. The van der Waals surface area contributed by atoms with E-state index in [-0.39, 0.29) is 0 Å². The minimum Gasteiger partial charge on any atom is -0.458 e. The molecule has 94 valence electrons. The fourth-order valence-electron chi connectivity index (χ4n) is 1.41. The van der Waals surface area contributed by atoms with Gasteiger partial charge in [0.2, 0.25) is 0 Å². The van der Waals surface area contributed by atoms with E-state index in [1.54, 1.807) is 6.08 Å². The summed E-state index contributed by atoms with van der Waals surface area (Å²) in [7, 11) is 0. The molecule has 0 N–H and O–H groups in total. The summed E-state index contributed by atoms with van der Waals surface area (Å²) >= 11 is 0. The molecule has 0 aromatic heterocycles. The minimum atomic E-state index is 0.556. The van der Waals surface area contributed by atoms with Gasteiger partial charge in [0.1, 0.15) is 11.5 Å². The molecule has 1 unspecified atom stereocenters. The third-order valence-electron chi connectivity index (χ3n) is 2.09. The van der Waals surface area contributed by atoms with Crippen LogP contribution in [-0.4, -0.2) is 0 Å². The van der Waals surface area contributed by atoms with Crippen LogP contribution in [0.3, 0.4) is 0 Å². The normalized spacial score (nSPS) is 19.4. The van der Waals surface area contributed by atoms with Crippen LogP contribution in [0.1, 0.15) is 34.1 Å². The molecule has 17 heavy (non-hydrogen) atoms. The molecule has 0 spiro atoms. The Kier molecular flexibility index (Phi) is 8.85. The van der Waals surface area contributed by atoms with E-state index in [0.29, 0.717) is 5.92 Å². The summed E-state index contributed by atoms with van der Waals surface area (Å²) in [4.78, 5) is 0. The molecule has 0 bridgehead atoms. The van der Waals surface area contributed by atoms with Gasteiger partial charge < -0.3 is 4.74 Å². The van der Waals surface area contributed by atoms with Crippen LogP contribution < -0.4 is 0 Å². The van der Waals surface area contributed by atoms with E-state index in [2.05, 4.69) is 25.7 Å². The van der Waals surface area contributed by atoms with Gasteiger partial charge in [0.05, 0.1) is 0 Å². The molecule has 0 aromatic carbocycles. The fourth-order valence-corrected chi connectivity index (χ4v) is 1.41. The van der Waals surface area contributed by atoms with Gasteiger partial charge in [-0.1, -0.05) is 45.6 Å². The molecule has 1 nitrogen and oxygen atoms in total. The SMILES string of the molecule is C=C/C=C(\C=C/C)OC1=CC(C)CC=C1.CC. The van der Waals surface area contributed by atoms with Gasteiger partial charge in [-0.15, -0.1) is 0 Å². The van der Waals surface area contributed by atoms with Crippen LogP contribution in [0.5, 0.6) is 0 Å². The van der Waals surface area contributed by atoms with Crippen molar-refractivity contribution in [1.29, 1.82) is 0 Å². The van der Waals surface area contributed by atoms with Gasteiger partial charge in [0.25, 0.3) is 0 Å². The number of hydrogen-bond donors (Lipinski definition) is 0. The maximum absolute atomic E-state index is 5.72. The Morgan fingerprint density at radius 3 is 2.71 bits per heavy atom. The van der Waals surface area contributed by atoms with Crippen molar-refractivity contribution in [3.63, 3.8) is 0 Å². The highest BCUT2D eigenvalue weighted by atomic mass is 16.5. The van der Waals surface area contributed by atoms with E-state index in [1.807, 2.05) is 45.1 Å². The van der Waals surface area contributed by atoms with Crippen molar-refractivity contribution in [3.05, 3.63) is 60.6 Å². The first kappa shape index (κ1) is 15.5. The lowest BCUT2D eigenvalue weighted by molar-refractivity contribution is 0.329. The highest BCUT2D eigenvalue weighted by Crippen LogP contribution is 2.19. The maximum Gasteiger partial charge on any atom is 0.127 e. The maximum atomic E-state index is 5.72. The van der Waals surface area contributed by atoms with Crippen molar-refractivity contribution < 1.29 is 4.74 Å². The molecule has 0 saturated heterocycles. The Morgan fingerprint density at radius 1 is 1.47 bits per heavy atom. The highest BCUT2D eigenvalue weighted by molar-refractivity contribution is 5.24. The van der Waals surface area contributed by atoms with E-state index in [0.717, 1.165) is 17.9 Å². The number of hydrogen-bond acceptors (Lipinski definition) is 1. The average Bonchev–Trinajstić information content (AvgIpc) is 2.32. The molecule has 1 aliphatic carbocycles. The lowest BCUT2D eigenvalue weighted by Crippen LogP contribution is -1.98. The van der Waals surface area contributed by atoms with Gasteiger partial charge in [-0.3, -0.25) is 0 Å². The molecule has 1 rings (SSSR count). The van der Waals surface area contributed by atoms with Crippen LogP contribution in [0, 0.1) is 5.92 Å². The van der Waals surface area contributed by atoms with Crippen molar-refractivity contribution in [2.24, 2.45) is 5.92 Å². The largest absolute Gasteiger partial charge is 0.458 e. The molecule has 0 amide bonds. The van der Waals surface area contributed by atoms with Crippen molar-refractivity contribution in [2.75, 3.05) is 0 Å². The van der Waals surface area contributed by atoms with E-state index >= 15 is 0 Å². The Balaban J connectivity index is 0.00000121. The Hall–Kier alpha value is -1.50. The van der Waals surface area contributed by atoms with E-state index in [4.69, 9.17) is 4.74 Å². The molecular weight excluding hydrogens is 208 g/mol. The third kappa shape index (κ3) is 6.62. The van der Waals surface area contributed by atoms with E-state index < -0.39 is 0 Å². The molecule has 1 atom stereocenters. The summed E-state index contributed by atoms with van der Waals surface area (Å²) in [6.45, 7) is 11.8. The van der Waals surface area contributed by atoms with E-state index in [1.165, 1.54) is 0 Å². The Bertz CT molecular complexity index is 329. The summed E-state index contributed by atoms with van der Waals surface area (Å²) in [6, 6.07) is 0. The Morgan fingerprint density at radius 2 is 2.18 bits per heavy atom. The van der Waals surface area contributed by atoms with Crippen LogP contribution in [-0.2, 0) is 4.74 Å². The van der Waals surface area contributed by atoms with Crippen molar-refractivity contribution in [1.82, 2.24) is 0 Å². The third-order valence-corrected chi connectivity index (χ3v) is 2.09. The Labute approximate surface area is 106 Å². The zero-order valence-electron chi connectivity index (χ0n) is 11.4. The second kappa shape index (κ2) is 9.71. The topological polar surface area (TPSA) is 9.23 Å². The number of rotatable bonds is 4. The first-order chi connectivity index (χ1) is 8.26. The van der Waals surface area contributed by atoms with Crippen LogP contribution in [0.2, 0.25) is 0 Å². The molecule has 1 heteroatoms. The highest BCUT2D eigenvalue weighted by Gasteiger charge is 2.05. The standard InChI is InChI=1S/C14H18O.C2H6/c1-4-7-13(8-5-2)15-14-10-6-9-12(3)11-14;1-2/h4-8,10-12H,1,9H2,2-3H3;1-2H3/b8-5-,13-7+;. The number of allylic oxidation sites excluding steroid dienone is 7. The van der Waals surface area contributed by atoms with Crippen LogP contribution in [0.15, 0.2) is 60.6 Å². The van der Waals surface area contributed by atoms with Gasteiger partial charge in [-0.05, 0) is 43.6 Å². The fraction of sp³-hybridized carbons (Fsp3) is 0.375. The summed E-state index contributed by atoms with van der Waals surface area (Å²) < 4.78 is 5.72. The van der Waals surface area contributed by atoms with Crippen LogP contribution in [0.4, 0.5) is 0 Å². The van der Waals surface area contributed by atoms with Crippen molar-refractivity contribution in [2.45, 2.75) is 34.1 Å². The monoisotopic (exact) mass is 232 g/mol. The molecule has 0 fully saturated rings. The van der Waals surface area contributed by atoms with Crippen LogP contribution >= 0.6 is 0 Å². The first-order valence-corrected chi connectivity index (χ1v) is 6.28. The molecule has 1 aliphatic rings. The lowest BCUT2D eigenvalue weighted by atomic mass is 10.0. The van der Waals surface area contributed by atoms with Crippen molar-refractivity contribution in [3.8, 4) is 0 Å². The quantitative estimate of drug-likeness (QED) is 0.481. The van der Waals surface area contributed by atoms with Gasteiger partial charge in [0.15, 0.2) is 0 Å². The lowest BCUT2D eigenvalue weighted by Gasteiger charge is -2.13. The predicted molar refractivity (Wildman–Crippen MR) is 76.5 cm³/mol. The zero-order chi connectivity index (χ0) is 13.1. The van der Waals surface area contributed by atoms with Crippen LogP contribution in [0.25, 0.3) is 0 Å². The molecular formula is C16H24O. The van der Waals surface area contributed by atoms with Gasteiger partial charge in [-0.25, -0.2) is 0 Å². The first-order valence-electron chi connectivity index (χ1n) is 6.28. The minimum absolute atomic E-state index is 0.556. The number of ether oxygens (including phenoxy) is 1. The van der Waals surface area contributed by atoms with E-state index in [9.17, 15) is 0 Å². The average molecular weight is 232 g/mol. The molecule has 0 aliphatic heterocycles. The van der Waals surface area contributed by atoms with Gasteiger partial charge in [0, 0.05) is 0 Å². The zero-order valence-corrected chi connectivity index (χ0v) is 11.4. The summed E-state index contributed by atoms with van der Waals surface area (Å²) in [6.07, 6.45) is 14.8. The summed E-state index contributed by atoms with van der Waals surface area (Å²) in [5.74, 6) is 2.29. The molecule has 0 saturated carbocycles. The van der Waals surface area contributed by atoms with Gasteiger partial charge in [-0.2, -0.15) is 0 Å². The van der Waals surface area contributed by atoms with Gasteiger partial charge >= 0.3 is 0 Å². The summed E-state index contributed by atoms with van der Waals surface area (Å²) in [5, 5.41) is 0. The summed E-state index contributed by atoms with van der Waals surface area (Å²) in [5.41, 5.74) is 0. The molecule has 0 radical (unpaired) electrons. The second-order valence-corrected chi connectivity index (χ2v) is 3.59. The smallest absolute Gasteiger partial charge is 0.127 e. The second-order valence-electron chi connectivity index (χ2n) is 3.59.